The Morgan fingerprint density at radius 1 is 1.27 bits per heavy atom. The number of amides is 1. The second-order valence-corrected chi connectivity index (χ2v) is 6.18. The van der Waals surface area contributed by atoms with Crippen LogP contribution in [0.3, 0.4) is 0 Å². The van der Waals surface area contributed by atoms with Crippen LogP contribution in [-0.2, 0) is 11.3 Å². The first-order valence-electron chi connectivity index (χ1n) is 8.33. The molecule has 134 valence electrons. The Kier molecular flexibility index (Phi) is 5.02. The third kappa shape index (κ3) is 3.91. The first-order chi connectivity index (χ1) is 12.4. The average Bonchev–Trinajstić information content (AvgIpc) is 2.59. The van der Waals surface area contributed by atoms with Gasteiger partial charge in [-0.15, -0.1) is 0 Å². The van der Waals surface area contributed by atoms with Crippen LogP contribution < -0.4 is 15.7 Å². The van der Waals surface area contributed by atoms with E-state index in [2.05, 4.69) is 10.3 Å². The van der Waals surface area contributed by atoms with E-state index in [1.54, 1.807) is 19.2 Å². The number of carbonyl (C=O) groups excluding carboxylic acids is 1. The van der Waals surface area contributed by atoms with Gasteiger partial charge in [0.1, 0.15) is 11.3 Å². The molecule has 6 heteroatoms. The lowest BCUT2D eigenvalue weighted by atomic mass is 10.1. The predicted molar refractivity (Wildman–Crippen MR) is 98.1 cm³/mol. The van der Waals surface area contributed by atoms with E-state index in [9.17, 15) is 9.59 Å². The van der Waals surface area contributed by atoms with Crippen LogP contribution in [0.4, 0.5) is 0 Å². The fourth-order valence-corrected chi connectivity index (χ4v) is 2.74. The summed E-state index contributed by atoms with van der Waals surface area (Å²) in [4.78, 5) is 28.1. The second-order valence-electron chi connectivity index (χ2n) is 6.18. The van der Waals surface area contributed by atoms with Gasteiger partial charge in [-0.2, -0.15) is 0 Å². The van der Waals surface area contributed by atoms with Crippen molar-refractivity contribution in [3.8, 4) is 5.75 Å². The number of nitrogens with zero attached hydrogens (tertiary/aromatic N) is 1. The van der Waals surface area contributed by atoms with Crippen molar-refractivity contribution in [3.63, 3.8) is 0 Å². The lowest BCUT2D eigenvalue weighted by Crippen LogP contribution is -2.36. The van der Waals surface area contributed by atoms with Crippen LogP contribution in [0.15, 0.2) is 51.8 Å². The zero-order valence-corrected chi connectivity index (χ0v) is 14.9. The van der Waals surface area contributed by atoms with Gasteiger partial charge < -0.3 is 14.5 Å². The quantitative estimate of drug-likeness (QED) is 0.714. The number of fused-ring (bicyclic) bond motifs is 1. The highest BCUT2D eigenvalue weighted by molar-refractivity contribution is 5.88. The van der Waals surface area contributed by atoms with Crippen LogP contribution in [0, 0.1) is 13.8 Å². The molecule has 0 aliphatic heterocycles. The molecule has 0 saturated heterocycles. The summed E-state index contributed by atoms with van der Waals surface area (Å²) in [6.45, 7) is 5.69. The van der Waals surface area contributed by atoms with E-state index in [0.717, 1.165) is 16.8 Å². The van der Waals surface area contributed by atoms with Gasteiger partial charge in [0.2, 0.25) is 0 Å². The van der Waals surface area contributed by atoms with E-state index in [4.69, 9.17) is 9.15 Å². The van der Waals surface area contributed by atoms with Crippen molar-refractivity contribution in [2.75, 3.05) is 0 Å². The Balaban J connectivity index is 1.79. The standard InChI is InChI=1S/C20H20N2O4/c1-12-8-16(19-13(2)10-18(23)26-17(19)9-12)25-14(3)20(24)22-11-15-6-4-5-7-21-15/h4-10,14H,11H2,1-3H3,(H,22,24)/t14-/m0/s1. The van der Waals surface area contributed by atoms with Gasteiger partial charge in [0.25, 0.3) is 5.91 Å². The third-order valence-electron chi connectivity index (χ3n) is 3.99. The monoisotopic (exact) mass is 352 g/mol. The molecule has 0 aliphatic carbocycles. The highest BCUT2D eigenvalue weighted by Crippen LogP contribution is 2.30. The van der Waals surface area contributed by atoms with E-state index in [-0.39, 0.29) is 5.91 Å². The van der Waals surface area contributed by atoms with Crippen LogP contribution in [0.1, 0.15) is 23.7 Å². The molecule has 0 aliphatic rings. The van der Waals surface area contributed by atoms with E-state index in [1.807, 2.05) is 38.1 Å². The first-order valence-corrected chi connectivity index (χ1v) is 8.33. The number of aryl methyl sites for hydroxylation is 2. The highest BCUT2D eigenvalue weighted by atomic mass is 16.5. The molecule has 6 nitrogen and oxygen atoms in total. The summed E-state index contributed by atoms with van der Waals surface area (Å²) in [5.41, 5.74) is 2.43. The minimum atomic E-state index is -0.713. The van der Waals surface area contributed by atoms with Crippen LogP contribution >= 0.6 is 0 Å². The summed E-state index contributed by atoms with van der Waals surface area (Å²) in [6, 6.07) is 10.5. The van der Waals surface area contributed by atoms with Gasteiger partial charge >= 0.3 is 5.63 Å². The van der Waals surface area contributed by atoms with E-state index in [0.29, 0.717) is 23.3 Å². The number of carbonyl (C=O) groups is 1. The Morgan fingerprint density at radius 2 is 2.08 bits per heavy atom. The Hall–Kier alpha value is -3.15. The molecule has 26 heavy (non-hydrogen) atoms. The molecule has 1 aromatic carbocycles. The fraction of sp³-hybridized carbons (Fsp3) is 0.250. The molecule has 0 saturated carbocycles. The lowest BCUT2D eigenvalue weighted by Gasteiger charge is -2.17. The van der Waals surface area contributed by atoms with Crippen LogP contribution in [0.25, 0.3) is 11.0 Å². The molecule has 3 aromatic rings. The molecule has 0 radical (unpaired) electrons. The zero-order valence-electron chi connectivity index (χ0n) is 14.9. The van der Waals surface area contributed by atoms with Crippen molar-refractivity contribution in [2.24, 2.45) is 0 Å². The number of hydrogen-bond acceptors (Lipinski definition) is 5. The molecular formula is C20H20N2O4. The van der Waals surface area contributed by atoms with E-state index in [1.165, 1.54) is 6.07 Å². The van der Waals surface area contributed by atoms with Crippen molar-refractivity contribution in [1.82, 2.24) is 10.3 Å². The van der Waals surface area contributed by atoms with Crippen molar-refractivity contribution in [1.29, 1.82) is 0 Å². The first kappa shape index (κ1) is 17.7. The van der Waals surface area contributed by atoms with Gasteiger partial charge in [-0.25, -0.2) is 4.79 Å². The topological polar surface area (TPSA) is 81.4 Å². The van der Waals surface area contributed by atoms with Gasteiger partial charge in [0.05, 0.1) is 17.6 Å². The van der Waals surface area contributed by atoms with Crippen LogP contribution in [0.2, 0.25) is 0 Å². The summed E-state index contributed by atoms with van der Waals surface area (Å²) in [7, 11) is 0. The third-order valence-corrected chi connectivity index (χ3v) is 3.99. The van der Waals surface area contributed by atoms with E-state index >= 15 is 0 Å². The summed E-state index contributed by atoms with van der Waals surface area (Å²) < 4.78 is 11.2. The molecule has 1 amide bonds. The molecule has 2 aromatic heterocycles. The number of pyridine rings is 1. The summed E-state index contributed by atoms with van der Waals surface area (Å²) in [6.07, 6.45) is 0.965. The molecule has 0 fully saturated rings. The van der Waals surface area contributed by atoms with Gasteiger partial charge in [0, 0.05) is 12.3 Å². The zero-order chi connectivity index (χ0) is 18.7. The molecule has 0 spiro atoms. The second kappa shape index (κ2) is 7.39. The lowest BCUT2D eigenvalue weighted by molar-refractivity contribution is -0.127. The normalized spacial score (nSPS) is 12.0. The van der Waals surface area contributed by atoms with Crippen LogP contribution in [-0.4, -0.2) is 17.0 Å². The number of ether oxygens (including phenoxy) is 1. The van der Waals surface area contributed by atoms with Gasteiger partial charge in [-0.05, 0) is 56.2 Å². The Bertz CT molecular complexity index is 996. The van der Waals surface area contributed by atoms with Crippen molar-refractivity contribution < 1.29 is 13.9 Å². The molecular weight excluding hydrogens is 332 g/mol. The van der Waals surface area contributed by atoms with Crippen LogP contribution in [0.5, 0.6) is 5.75 Å². The number of hydrogen-bond donors (Lipinski definition) is 1. The Labute approximate surface area is 150 Å². The molecule has 3 rings (SSSR count). The Morgan fingerprint density at radius 3 is 2.81 bits per heavy atom. The summed E-state index contributed by atoms with van der Waals surface area (Å²) in [5, 5.41) is 3.50. The van der Waals surface area contributed by atoms with Crippen molar-refractivity contribution >= 4 is 16.9 Å². The number of rotatable bonds is 5. The number of nitrogens with one attached hydrogen (secondary N) is 1. The van der Waals surface area contributed by atoms with Crippen molar-refractivity contribution in [3.05, 3.63) is 69.8 Å². The molecule has 0 unspecified atom stereocenters. The maximum absolute atomic E-state index is 12.3. The largest absolute Gasteiger partial charge is 0.480 e. The van der Waals surface area contributed by atoms with Gasteiger partial charge in [-0.1, -0.05) is 6.07 Å². The van der Waals surface area contributed by atoms with Crippen molar-refractivity contribution in [2.45, 2.75) is 33.4 Å². The highest BCUT2D eigenvalue weighted by Gasteiger charge is 2.18. The minimum absolute atomic E-state index is 0.250. The molecule has 1 N–H and O–H groups in total. The molecule has 0 bridgehead atoms. The number of aromatic nitrogens is 1. The van der Waals surface area contributed by atoms with Gasteiger partial charge in [-0.3, -0.25) is 9.78 Å². The minimum Gasteiger partial charge on any atom is -0.480 e. The molecule has 2 heterocycles. The maximum Gasteiger partial charge on any atom is 0.336 e. The molecule has 1 atom stereocenters. The maximum atomic E-state index is 12.3. The number of benzene rings is 1. The smallest absolute Gasteiger partial charge is 0.336 e. The van der Waals surface area contributed by atoms with E-state index < -0.39 is 11.7 Å². The average molecular weight is 352 g/mol. The van der Waals surface area contributed by atoms with Gasteiger partial charge in [0.15, 0.2) is 6.10 Å². The SMILES string of the molecule is Cc1cc(O[C@@H](C)C(=O)NCc2ccccn2)c2c(C)cc(=O)oc2c1. The predicted octanol–water partition coefficient (Wildman–Crippen LogP) is 2.89. The fourth-order valence-electron chi connectivity index (χ4n) is 2.74. The summed E-state index contributed by atoms with van der Waals surface area (Å²) >= 11 is 0. The summed E-state index contributed by atoms with van der Waals surface area (Å²) in [5.74, 6) is 0.266.